The smallest absolute Gasteiger partial charge is 0.387 e. The summed E-state index contributed by atoms with van der Waals surface area (Å²) in [6.45, 7) is -1.27. The number of rotatable bonds is 5. The van der Waals surface area contributed by atoms with Crippen molar-refractivity contribution < 1.29 is 13.5 Å². The standard InChI is InChI=1S/C23H21Cl2F2N3O/c24-16-9-15(10-17(25)11-16)21-13-29-12-20(22(21)30-7-5-18(28)6-8-30)14-1-3-19(4-2-14)31-23(26)27/h1-4,9-13,18,23H,5-8,28H2. The highest BCUT2D eigenvalue weighted by Gasteiger charge is 2.23. The third kappa shape index (κ3) is 5.09. The molecule has 1 aliphatic rings. The van der Waals surface area contributed by atoms with Crippen LogP contribution in [0.3, 0.4) is 0 Å². The van der Waals surface area contributed by atoms with Crippen molar-refractivity contribution in [3.05, 3.63) is 64.9 Å². The number of nitrogens with two attached hydrogens (primary N) is 1. The van der Waals surface area contributed by atoms with Gasteiger partial charge in [-0.2, -0.15) is 8.78 Å². The number of hydrogen-bond donors (Lipinski definition) is 1. The van der Waals surface area contributed by atoms with E-state index in [4.69, 9.17) is 28.9 Å². The molecule has 4 nitrogen and oxygen atoms in total. The van der Waals surface area contributed by atoms with E-state index in [0.717, 1.165) is 53.9 Å². The number of alkyl halides is 2. The van der Waals surface area contributed by atoms with Gasteiger partial charge in [0.2, 0.25) is 0 Å². The molecular formula is C23H21Cl2F2N3O. The normalized spacial score (nSPS) is 14.8. The van der Waals surface area contributed by atoms with Crippen LogP contribution in [0.25, 0.3) is 22.3 Å². The molecular weight excluding hydrogens is 443 g/mol. The highest BCUT2D eigenvalue weighted by molar-refractivity contribution is 6.35. The van der Waals surface area contributed by atoms with E-state index in [0.29, 0.717) is 10.0 Å². The summed E-state index contributed by atoms with van der Waals surface area (Å²) < 4.78 is 29.5. The fraction of sp³-hybridized carbons (Fsp3) is 0.261. The van der Waals surface area contributed by atoms with Crippen molar-refractivity contribution in [2.24, 2.45) is 5.73 Å². The van der Waals surface area contributed by atoms with Crippen molar-refractivity contribution >= 4 is 28.9 Å². The minimum atomic E-state index is -2.86. The Balaban J connectivity index is 1.83. The van der Waals surface area contributed by atoms with Gasteiger partial charge in [-0.15, -0.1) is 0 Å². The Bertz CT molecular complexity index is 1030. The maximum absolute atomic E-state index is 12.5. The molecule has 2 N–H and O–H groups in total. The highest BCUT2D eigenvalue weighted by Crippen LogP contribution is 2.41. The molecule has 0 aliphatic carbocycles. The third-order valence-electron chi connectivity index (χ3n) is 5.34. The first-order valence-corrected chi connectivity index (χ1v) is 10.7. The second-order valence-corrected chi connectivity index (χ2v) is 8.34. The van der Waals surface area contributed by atoms with Crippen LogP contribution in [-0.2, 0) is 0 Å². The molecule has 0 spiro atoms. The number of nitrogens with zero attached hydrogens (tertiary/aromatic N) is 2. The topological polar surface area (TPSA) is 51.4 Å². The van der Waals surface area contributed by atoms with E-state index in [9.17, 15) is 8.78 Å². The van der Waals surface area contributed by atoms with Gasteiger partial charge >= 0.3 is 6.61 Å². The monoisotopic (exact) mass is 463 g/mol. The molecule has 1 aromatic heterocycles. The molecule has 162 valence electrons. The molecule has 0 unspecified atom stereocenters. The van der Waals surface area contributed by atoms with Crippen LogP contribution >= 0.6 is 23.2 Å². The van der Waals surface area contributed by atoms with Gasteiger partial charge in [0.25, 0.3) is 0 Å². The summed E-state index contributed by atoms with van der Waals surface area (Å²) in [6.07, 6.45) is 5.32. The average Bonchev–Trinajstić information content (AvgIpc) is 2.73. The second kappa shape index (κ2) is 9.39. The summed E-state index contributed by atoms with van der Waals surface area (Å²) in [5.41, 5.74) is 10.6. The number of pyridine rings is 1. The third-order valence-corrected chi connectivity index (χ3v) is 5.77. The lowest BCUT2D eigenvalue weighted by Crippen LogP contribution is -2.40. The molecule has 0 atom stereocenters. The Morgan fingerprint density at radius 2 is 1.52 bits per heavy atom. The first kappa shape index (κ1) is 21.8. The van der Waals surface area contributed by atoms with Crippen molar-refractivity contribution in [2.45, 2.75) is 25.5 Å². The first-order valence-electron chi connectivity index (χ1n) is 9.91. The fourth-order valence-corrected chi connectivity index (χ4v) is 4.39. The summed E-state index contributed by atoms with van der Waals surface area (Å²) in [4.78, 5) is 6.74. The maximum atomic E-state index is 12.5. The van der Waals surface area contributed by atoms with Crippen LogP contribution in [0.4, 0.5) is 14.5 Å². The highest BCUT2D eigenvalue weighted by atomic mass is 35.5. The van der Waals surface area contributed by atoms with E-state index in [1.807, 2.05) is 12.1 Å². The van der Waals surface area contributed by atoms with Gasteiger partial charge in [0.1, 0.15) is 5.75 Å². The first-order chi connectivity index (χ1) is 14.9. The molecule has 0 amide bonds. The predicted octanol–water partition coefficient (Wildman–Crippen LogP) is 6.25. The Hall–Kier alpha value is -2.41. The number of halogens is 4. The Kier molecular flexibility index (Phi) is 6.60. The lowest BCUT2D eigenvalue weighted by atomic mass is 9.95. The summed E-state index contributed by atoms with van der Waals surface area (Å²) in [5, 5.41) is 1.07. The van der Waals surface area contributed by atoms with Crippen LogP contribution in [0.2, 0.25) is 10.0 Å². The molecule has 1 aliphatic heterocycles. The van der Waals surface area contributed by atoms with Crippen molar-refractivity contribution in [1.29, 1.82) is 0 Å². The van der Waals surface area contributed by atoms with E-state index in [1.165, 1.54) is 12.1 Å². The Morgan fingerprint density at radius 3 is 2.10 bits per heavy atom. The maximum Gasteiger partial charge on any atom is 0.387 e. The van der Waals surface area contributed by atoms with Crippen molar-refractivity contribution in [1.82, 2.24) is 4.98 Å². The number of piperidine rings is 1. The number of hydrogen-bond acceptors (Lipinski definition) is 4. The average molecular weight is 464 g/mol. The molecule has 3 aromatic rings. The van der Waals surface area contributed by atoms with Gasteiger partial charge in [-0.25, -0.2) is 0 Å². The number of ether oxygens (including phenoxy) is 1. The van der Waals surface area contributed by atoms with E-state index in [2.05, 4.69) is 14.6 Å². The zero-order valence-corrected chi connectivity index (χ0v) is 18.1. The fourth-order valence-electron chi connectivity index (χ4n) is 3.87. The van der Waals surface area contributed by atoms with Crippen molar-refractivity contribution in [2.75, 3.05) is 18.0 Å². The van der Waals surface area contributed by atoms with Crippen molar-refractivity contribution in [3.63, 3.8) is 0 Å². The van der Waals surface area contributed by atoms with E-state index in [-0.39, 0.29) is 11.8 Å². The molecule has 0 radical (unpaired) electrons. The van der Waals surface area contributed by atoms with Crippen LogP contribution in [-0.4, -0.2) is 30.7 Å². The molecule has 4 rings (SSSR count). The van der Waals surface area contributed by atoms with Crippen LogP contribution in [0.15, 0.2) is 54.9 Å². The summed E-state index contributed by atoms with van der Waals surface area (Å²) >= 11 is 12.5. The second-order valence-electron chi connectivity index (χ2n) is 7.47. The lowest BCUT2D eigenvalue weighted by Gasteiger charge is -2.35. The largest absolute Gasteiger partial charge is 0.435 e. The van der Waals surface area contributed by atoms with Crippen LogP contribution < -0.4 is 15.4 Å². The summed E-state index contributed by atoms with van der Waals surface area (Å²) in [5.74, 6) is 0.106. The van der Waals surface area contributed by atoms with Gasteiger partial charge in [0, 0.05) is 52.7 Å². The van der Waals surface area contributed by atoms with Gasteiger partial charge in [-0.1, -0.05) is 35.3 Å². The van der Waals surface area contributed by atoms with Crippen LogP contribution in [0.5, 0.6) is 5.75 Å². The molecule has 8 heteroatoms. The summed E-state index contributed by atoms with van der Waals surface area (Å²) in [6, 6.07) is 12.1. The zero-order chi connectivity index (χ0) is 22.0. The van der Waals surface area contributed by atoms with E-state index in [1.54, 1.807) is 30.6 Å². The molecule has 2 aromatic carbocycles. The Labute approximate surface area is 189 Å². The predicted molar refractivity (Wildman–Crippen MR) is 121 cm³/mol. The molecule has 2 heterocycles. The van der Waals surface area contributed by atoms with Gasteiger partial charge in [-0.05, 0) is 54.3 Å². The van der Waals surface area contributed by atoms with Gasteiger partial charge < -0.3 is 15.4 Å². The minimum Gasteiger partial charge on any atom is -0.435 e. The minimum absolute atomic E-state index is 0.106. The van der Waals surface area contributed by atoms with Gasteiger partial charge in [0.05, 0.1) is 5.69 Å². The SMILES string of the molecule is NC1CCN(c2c(-c3ccc(OC(F)F)cc3)cncc2-c2cc(Cl)cc(Cl)c2)CC1. The van der Waals surface area contributed by atoms with Gasteiger partial charge in [-0.3, -0.25) is 4.98 Å². The van der Waals surface area contributed by atoms with Gasteiger partial charge in [0.15, 0.2) is 0 Å². The molecule has 1 fully saturated rings. The van der Waals surface area contributed by atoms with Crippen LogP contribution in [0.1, 0.15) is 12.8 Å². The van der Waals surface area contributed by atoms with E-state index < -0.39 is 6.61 Å². The quantitative estimate of drug-likeness (QED) is 0.485. The Morgan fingerprint density at radius 1 is 0.935 bits per heavy atom. The molecule has 1 saturated heterocycles. The molecule has 31 heavy (non-hydrogen) atoms. The number of aromatic nitrogens is 1. The number of benzene rings is 2. The molecule has 0 saturated carbocycles. The van der Waals surface area contributed by atoms with E-state index >= 15 is 0 Å². The number of anilines is 1. The van der Waals surface area contributed by atoms with Crippen LogP contribution in [0, 0.1) is 0 Å². The van der Waals surface area contributed by atoms with Crippen molar-refractivity contribution in [3.8, 4) is 28.0 Å². The zero-order valence-electron chi connectivity index (χ0n) is 16.6. The summed E-state index contributed by atoms with van der Waals surface area (Å²) in [7, 11) is 0. The lowest BCUT2D eigenvalue weighted by molar-refractivity contribution is -0.0498. The molecule has 0 bridgehead atoms.